The van der Waals surface area contributed by atoms with Crippen LogP contribution in [0.3, 0.4) is 0 Å². The summed E-state index contributed by atoms with van der Waals surface area (Å²) in [5, 5.41) is 3.14. The quantitative estimate of drug-likeness (QED) is 0.676. The predicted octanol–water partition coefficient (Wildman–Crippen LogP) is 3.36. The molecule has 2 rings (SSSR count). The van der Waals surface area contributed by atoms with Gasteiger partial charge < -0.3 is 10.1 Å². The van der Waals surface area contributed by atoms with Crippen LogP contribution in [0, 0.1) is 5.82 Å². The number of esters is 1. The van der Waals surface area contributed by atoms with Crippen molar-refractivity contribution in [2.24, 2.45) is 0 Å². The lowest BCUT2D eigenvalue weighted by atomic mass is 10.2. The average Bonchev–Trinajstić information content (AvgIpc) is 2.36. The monoisotopic (exact) mass is 259 g/mol. The van der Waals surface area contributed by atoms with Crippen LogP contribution in [0.15, 0.2) is 48.5 Å². The Bertz CT molecular complexity index is 584. The van der Waals surface area contributed by atoms with Gasteiger partial charge in [0, 0.05) is 25.2 Å². The summed E-state index contributed by atoms with van der Waals surface area (Å²) >= 11 is 0. The first kappa shape index (κ1) is 13.1. The molecule has 0 heterocycles. The van der Waals surface area contributed by atoms with Gasteiger partial charge in [0.2, 0.25) is 0 Å². The molecular weight excluding hydrogens is 245 g/mol. The fourth-order valence-corrected chi connectivity index (χ4v) is 1.69. The van der Waals surface area contributed by atoms with E-state index in [0.29, 0.717) is 12.3 Å². The maximum atomic E-state index is 13.0. The molecule has 0 atom stereocenters. The molecule has 0 aliphatic heterocycles. The van der Waals surface area contributed by atoms with Gasteiger partial charge in [-0.3, -0.25) is 4.79 Å². The van der Waals surface area contributed by atoms with Crippen LogP contribution in [0.4, 0.5) is 10.1 Å². The first-order valence-corrected chi connectivity index (χ1v) is 5.90. The molecule has 0 saturated carbocycles. The molecule has 4 heteroatoms. The molecule has 0 radical (unpaired) electrons. The number of rotatable bonds is 4. The maximum absolute atomic E-state index is 13.0. The van der Waals surface area contributed by atoms with Gasteiger partial charge in [0.15, 0.2) is 0 Å². The van der Waals surface area contributed by atoms with Crippen LogP contribution in [0.5, 0.6) is 5.75 Å². The topological polar surface area (TPSA) is 38.3 Å². The Labute approximate surface area is 111 Å². The fraction of sp³-hybridized carbons (Fsp3) is 0.133. The minimum Gasteiger partial charge on any atom is -0.427 e. The molecule has 0 spiro atoms. The van der Waals surface area contributed by atoms with E-state index in [-0.39, 0.29) is 11.8 Å². The third-order valence-electron chi connectivity index (χ3n) is 2.48. The van der Waals surface area contributed by atoms with Crippen molar-refractivity contribution in [3.05, 3.63) is 59.9 Å². The second-order valence-electron chi connectivity index (χ2n) is 4.10. The number of carbonyl (C=O) groups is 1. The third kappa shape index (κ3) is 4.10. The van der Waals surface area contributed by atoms with Gasteiger partial charge >= 0.3 is 5.97 Å². The molecule has 0 bridgehead atoms. The number of nitrogens with one attached hydrogen (secondary N) is 1. The minimum absolute atomic E-state index is 0.257. The molecule has 1 N–H and O–H groups in total. The highest BCUT2D eigenvalue weighted by Crippen LogP contribution is 2.18. The normalized spacial score (nSPS) is 10.0. The minimum atomic E-state index is -0.359. The Morgan fingerprint density at radius 3 is 2.74 bits per heavy atom. The molecule has 98 valence electrons. The van der Waals surface area contributed by atoms with Crippen molar-refractivity contribution in [3.8, 4) is 5.75 Å². The fourth-order valence-electron chi connectivity index (χ4n) is 1.69. The Morgan fingerprint density at radius 1 is 1.21 bits per heavy atom. The van der Waals surface area contributed by atoms with Crippen molar-refractivity contribution >= 4 is 11.7 Å². The maximum Gasteiger partial charge on any atom is 0.308 e. The Hall–Kier alpha value is -2.36. The van der Waals surface area contributed by atoms with Crippen LogP contribution in [-0.2, 0) is 11.3 Å². The summed E-state index contributed by atoms with van der Waals surface area (Å²) in [6.07, 6.45) is 0. The summed E-state index contributed by atoms with van der Waals surface area (Å²) in [6.45, 7) is 1.86. The number of carbonyl (C=O) groups excluding carboxylic acids is 1. The zero-order valence-corrected chi connectivity index (χ0v) is 10.5. The number of anilines is 1. The second kappa shape index (κ2) is 6.00. The van der Waals surface area contributed by atoms with Crippen molar-refractivity contribution < 1.29 is 13.9 Å². The lowest BCUT2D eigenvalue weighted by Crippen LogP contribution is -2.03. The van der Waals surface area contributed by atoms with Gasteiger partial charge in [0.05, 0.1) is 0 Å². The van der Waals surface area contributed by atoms with E-state index in [0.717, 1.165) is 11.3 Å². The first-order chi connectivity index (χ1) is 9.13. The lowest BCUT2D eigenvalue weighted by Gasteiger charge is -2.08. The molecule has 0 aromatic heterocycles. The number of benzene rings is 2. The lowest BCUT2D eigenvalue weighted by molar-refractivity contribution is -0.131. The molecular formula is C15H14FNO2. The van der Waals surface area contributed by atoms with Crippen LogP contribution < -0.4 is 10.1 Å². The molecule has 0 amide bonds. The van der Waals surface area contributed by atoms with Crippen LogP contribution >= 0.6 is 0 Å². The van der Waals surface area contributed by atoms with E-state index in [1.54, 1.807) is 24.3 Å². The summed E-state index contributed by atoms with van der Waals surface area (Å²) < 4.78 is 18.0. The highest BCUT2D eigenvalue weighted by molar-refractivity contribution is 5.69. The SMILES string of the molecule is CC(=O)Oc1cccc(NCc2cccc(F)c2)c1. The van der Waals surface area contributed by atoms with Crippen molar-refractivity contribution in [2.45, 2.75) is 13.5 Å². The Balaban J connectivity index is 2.01. The molecule has 3 nitrogen and oxygen atoms in total. The van der Waals surface area contributed by atoms with Gasteiger partial charge in [-0.2, -0.15) is 0 Å². The summed E-state index contributed by atoms with van der Waals surface area (Å²) in [5.74, 6) is -0.132. The molecule has 0 fully saturated rings. The van der Waals surface area contributed by atoms with Crippen molar-refractivity contribution in [1.29, 1.82) is 0 Å². The van der Waals surface area contributed by atoms with Crippen LogP contribution in [0.25, 0.3) is 0 Å². The number of hydrogen-bond donors (Lipinski definition) is 1. The molecule has 0 saturated heterocycles. The molecule has 19 heavy (non-hydrogen) atoms. The predicted molar refractivity (Wildman–Crippen MR) is 71.5 cm³/mol. The number of hydrogen-bond acceptors (Lipinski definition) is 3. The Kier molecular flexibility index (Phi) is 4.13. The van der Waals surface area contributed by atoms with Gasteiger partial charge in [-0.05, 0) is 29.8 Å². The third-order valence-corrected chi connectivity index (χ3v) is 2.48. The van der Waals surface area contributed by atoms with Crippen LogP contribution in [0.2, 0.25) is 0 Å². The highest BCUT2D eigenvalue weighted by Gasteiger charge is 2.00. The van der Waals surface area contributed by atoms with Gasteiger partial charge in [-0.1, -0.05) is 18.2 Å². The molecule has 0 aliphatic rings. The number of halogens is 1. The van der Waals surface area contributed by atoms with E-state index in [4.69, 9.17) is 4.74 Å². The van der Waals surface area contributed by atoms with Crippen molar-refractivity contribution in [2.75, 3.05) is 5.32 Å². The zero-order valence-electron chi connectivity index (χ0n) is 10.5. The Morgan fingerprint density at radius 2 is 2.00 bits per heavy atom. The summed E-state index contributed by atoms with van der Waals surface area (Å²) in [7, 11) is 0. The highest BCUT2D eigenvalue weighted by atomic mass is 19.1. The van der Waals surface area contributed by atoms with Gasteiger partial charge in [-0.25, -0.2) is 4.39 Å². The smallest absolute Gasteiger partial charge is 0.308 e. The van der Waals surface area contributed by atoms with E-state index in [1.807, 2.05) is 12.1 Å². The van der Waals surface area contributed by atoms with E-state index in [9.17, 15) is 9.18 Å². The largest absolute Gasteiger partial charge is 0.427 e. The first-order valence-electron chi connectivity index (χ1n) is 5.90. The zero-order chi connectivity index (χ0) is 13.7. The molecule has 2 aromatic carbocycles. The second-order valence-corrected chi connectivity index (χ2v) is 4.10. The molecule has 0 aliphatic carbocycles. The average molecular weight is 259 g/mol. The van der Waals surface area contributed by atoms with E-state index >= 15 is 0 Å². The molecule has 2 aromatic rings. The van der Waals surface area contributed by atoms with Gasteiger partial charge in [0.1, 0.15) is 11.6 Å². The van der Waals surface area contributed by atoms with E-state index in [2.05, 4.69) is 5.32 Å². The summed E-state index contributed by atoms with van der Waals surface area (Å²) in [6, 6.07) is 13.5. The standard InChI is InChI=1S/C15H14FNO2/c1-11(18)19-15-7-3-6-14(9-15)17-10-12-4-2-5-13(16)8-12/h2-9,17H,10H2,1H3. The number of ether oxygens (including phenoxy) is 1. The van der Waals surface area contributed by atoms with Crippen LogP contribution in [-0.4, -0.2) is 5.97 Å². The summed E-state index contributed by atoms with van der Waals surface area (Å²) in [4.78, 5) is 10.9. The van der Waals surface area contributed by atoms with Crippen molar-refractivity contribution in [1.82, 2.24) is 0 Å². The summed E-state index contributed by atoms with van der Waals surface area (Å²) in [5.41, 5.74) is 1.65. The van der Waals surface area contributed by atoms with Gasteiger partial charge in [0.25, 0.3) is 0 Å². The van der Waals surface area contributed by atoms with E-state index < -0.39 is 0 Å². The van der Waals surface area contributed by atoms with E-state index in [1.165, 1.54) is 19.1 Å². The van der Waals surface area contributed by atoms with Crippen molar-refractivity contribution in [3.63, 3.8) is 0 Å². The van der Waals surface area contributed by atoms with Gasteiger partial charge in [-0.15, -0.1) is 0 Å². The van der Waals surface area contributed by atoms with Crippen LogP contribution in [0.1, 0.15) is 12.5 Å². The molecule has 0 unspecified atom stereocenters.